The topological polar surface area (TPSA) is 49.9 Å². The molecule has 1 heterocycles. The van der Waals surface area contributed by atoms with Gasteiger partial charge in [-0.25, -0.2) is 0 Å². The van der Waals surface area contributed by atoms with Gasteiger partial charge in [0.25, 0.3) is 5.91 Å². The highest BCUT2D eigenvalue weighted by Crippen LogP contribution is 2.40. The molecule has 4 rings (SSSR count). The number of methoxy groups -OCH3 is 1. The summed E-state index contributed by atoms with van der Waals surface area (Å²) in [7, 11) is 1.61. The first-order valence-corrected chi connectivity index (χ1v) is 11.4. The first-order valence-electron chi connectivity index (χ1n) is 11.4. The van der Waals surface area contributed by atoms with Crippen LogP contribution >= 0.6 is 0 Å². The van der Waals surface area contributed by atoms with Crippen molar-refractivity contribution in [3.63, 3.8) is 0 Å². The minimum Gasteiger partial charge on any atom is -0.497 e. The highest BCUT2D eigenvalue weighted by atomic mass is 16.5. The van der Waals surface area contributed by atoms with Gasteiger partial charge >= 0.3 is 0 Å². The molecule has 2 atom stereocenters. The monoisotopic (exact) mass is 442 g/mol. The summed E-state index contributed by atoms with van der Waals surface area (Å²) in [4.78, 5) is 30.9. The third-order valence-electron chi connectivity index (χ3n) is 6.35. The Bertz CT molecular complexity index is 1110. The van der Waals surface area contributed by atoms with E-state index in [4.69, 9.17) is 4.74 Å². The van der Waals surface area contributed by atoms with Crippen molar-refractivity contribution in [1.82, 2.24) is 4.90 Å². The zero-order valence-electron chi connectivity index (χ0n) is 19.4. The molecule has 33 heavy (non-hydrogen) atoms. The van der Waals surface area contributed by atoms with Crippen LogP contribution < -0.4 is 9.64 Å². The number of hydrogen-bond acceptors (Lipinski definition) is 3. The molecule has 3 aromatic rings. The van der Waals surface area contributed by atoms with E-state index in [1.165, 1.54) is 0 Å². The Kier molecular flexibility index (Phi) is 6.78. The molecule has 170 valence electrons. The molecule has 0 saturated carbocycles. The van der Waals surface area contributed by atoms with E-state index in [-0.39, 0.29) is 23.8 Å². The molecule has 2 amide bonds. The number of ether oxygens (including phenoxy) is 1. The molecule has 0 unspecified atom stereocenters. The summed E-state index contributed by atoms with van der Waals surface area (Å²) in [6.07, 6.45) is 0.586. The molecule has 0 aromatic heterocycles. The molecule has 5 heteroatoms. The van der Waals surface area contributed by atoms with E-state index < -0.39 is 0 Å². The van der Waals surface area contributed by atoms with Gasteiger partial charge in [0, 0.05) is 30.4 Å². The molecular weight excluding hydrogens is 412 g/mol. The van der Waals surface area contributed by atoms with Crippen LogP contribution in [0.25, 0.3) is 0 Å². The molecule has 1 aliphatic heterocycles. The van der Waals surface area contributed by atoms with Crippen molar-refractivity contribution < 1.29 is 14.3 Å². The minimum atomic E-state index is -0.278. The zero-order valence-corrected chi connectivity index (χ0v) is 19.4. The predicted octanol–water partition coefficient (Wildman–Crippen LogP) is 5.27. The van der Waals surface area contributed by atoms with Gasteiger partial charge in [0.2, 0.25) is 5.91 Å². The molecule has 0 N–H and O–H groups in total. The molecule has 0 bridgehead atoms. The summed E-state index contributed by atoms with van der Waals surface area (Å²) in [5, 5.41) is 0. The number of rotatable bonds is 6. The fraction of sp³-hybridized carbons (Fsp3) is 0.286. The van der Waals surface area contributed by atoms with Gasteiger partial charge < -0.3 is 14.5 Å². The molecule has 0 aliphatic carbocycles. The second-order valence-corrected chi connectivity index (χ2v) is 8.44. The average molecular weight is 443 g/mol. The molecule has 0 saturated heterocycles. The maximum atomic E-state index is 13.7. The second kappa shape index (κ2) is 9.90. The van der Waals surface area contributed by atoms with Gasteiger partial charge in [0.05, 0.1) is 13.0 Å². The van der Waals surface area contributed by atoms with Crippen molar-refractivity contribution >= 4 is 17.5 Å². The van der Waals surface area contributed by atoms with Crippen LogP contribution in [0, 0.1) is 0 Å². The lowest BCUT2D eigenvalue weighted by Crippen LogP contribution is -2.46. The van der Waals surface area contributed by atoms with Crippen molar-refractivity contribution in [1.29, 1.82) is 0 Å². The van der Waals surface area contributed by atoms with Gasteiger partial charge in [-0.1, -0.05) is 48.5 Å². The maximum absolute atomic E-state index is 13.7. The van der Waals surface area contributed by atoms with E-state index >= 15 is 0 Å². The van der Waals surface area contributed by atoms with Crippen LogP contribution in [0.1, 0.15) is 47.7 Å². The highest BCUT2D eigenvalue weighted by Gasteiger charge is 2.38. The van der Waals surface area contributed by atoms with Crippen LogP contribution in [0.4, 0.5) is 5.69 Å². The number of carbonyl (C=O) groups excluding carboxylic acids is 2. The maximum Gasteiger partial charge on any atom is 0.258 e. The second-order valence-electron chi connectivity index (χ2n) is 8.44. The largest absolute Gasteiger partial charge is 0.497 e. The molecule has 3 aromatic carbocycles. The van der Waals surface area contributed by atoms with Gasteiger partial charge in [0.1, 0.15) is 5.75 Å². The third kappa shape index (κ3) is 4.63. The lowest BCUT2D eigenvalue weighted by Gasteiger charge is -2.40. The number of anilines is 1. The highest BCUT2D eigenvalue weighted by molar-refractivity contribution is 6.08. The Balaban J connectivity index is 1.63. The van der Waals surface area contributed by atoms with Crippen molar-refractivity contribution in [2.45, 2.75) is 38.8 Å². The molecule has 0 radical (unpaired) electrons. The van der Waals surface area contributed by atoms with E-state index in [0.717, 1.165) is 16.8 Å². The molecule has 1 aliphatic rings. The fourth-order valence-corrected chi connectivity index (χ4v) is 4.60. The fourth-order valence-electron chi connectivity index (χ4n) is 4.60. The normalized spacial score (nSPS) is 17.2. The Labute approximate surface area is 195 Å². The van der Waals surface area contributed by atoms with E-state index in [9.17, 15) is 9.59 Å². The summed E-state index contributed by atoms with van der Waals surface area (Å²) >= 11 is 0. The van der Waals surface area contributed by atoms with Crippen LogP contribution in [-0.4, -0.2) is 36.4 Å². The van der Waals surface area contributed by atoms with Crippen LogP contribution in [0.15, 0.2) is 78.9 Å². The number of likely N-dealkylation sites (N-methyl/N-ethyl adjacent to an activating group) is 1. The van der Waals surface area contributed by atoms with Crippen molar-refractivity contribution in [3.8, 4) is 5.75 Å². The first-order chi connectivity index (χ1) is 16.0. The third-order valence-corrected chi connectivity index (χ3v) is 6.35. The number of amides is 2. The predicted molar refractivity (Wildman–Crippen MR) is 131 cm³/mol. The summed E-state index contributed by atoms with van der Waals surface area (Å²) < 4.78 is 5.22. The molecule has 5 nitrogen and oxygen atoms in total. The Morgan fingerprint density at radius 3 is 2.30 bits per heavy atom. The van der Waals surface area contributed by atoms with Gasteiger partial charge in [-0.2, -0.15) is 0 Å². The van der Waals surface area contributed by atoms with Crippen LogP contribution in [0.2, 0.25) is 0 Å². The summed E-state index contributed by atoms with van der Waals surface area (Å²) in [6.45, 7) is 5.25. The lowest BCUT2D eigenvalue weighted by atomic mass is 9.84. The Morgan fingerprint density at radius 1 is 0.970 bits per heavy atom. The Morgan fingerprint density at radius 2 is 1.64 bits per heavy atom. The van der Waals surface area contributed by atoms with Crippen molar-refractivity contribution in [2.24, 2.45) is 0 Å². The van der Waals surface area contributed by atoms with Gasteiger partial charge in [-0.05, 0) is 61.7 Å². The summed E-state index contributed by atoms with van der Waals surface area (Å²) in [6, 6.07) is 24.9. The number of nitrogens with zero attached hydrogens (tertiary/aromatic N) is 2. The van der Waals surface area contributed by atoms with E-state index in [1.807, 2.05) is 78.2 Å². The minimum absolute atomic E-state index is 0.0693. The molecule has 0 fully saturated rings. The number of fused-ring (bicyclic) bond motifs is 1. The standard InChI is InChI=1S/C28H30N2O3/c1-4-29(19-21-10-6-5-7-11-21)28(32)25-18-20(2)30(26-13-9-8-12-24(25)26)27(31)22-14-16-23(33-3)17-15-22/h5-17,20,25H,4,18-19H2,1-3H3/t20-,25-/m1/s1. The SMILES string of the molecule is CCN(Cc1ccccc1)C(=O)[C@@H]1C[C@@H](C)N(C(=O)c2ccc(OC)cc2)c2ccccc21. The van der Waals surface area contributed by atoms with E-state index in [1.54, 1.807) is 31.4 Å². The van der Waals surface area contributed by atoms with Crippen LogP contribution in [-0.2, 0) is 11.3 Å². The van der Waals surface area contributed by atoms with Crippen LogP contribution in [0.3, 0.4) is 0 Å². The number of para-hydroxylation sites is 1. The van der Waals surface area contributed by atoms with Crippen molar-refractivity contribution in [2.75, 3.05) is 18.6 Å². The number of hydrogen-bond donors (Lipinski definition) is 0. The van der Waals surface area contributed by atoms with Gasteiger partial charge in [-0.15, -0.1) is 0 Å². The molecular formula is C28H30N2O3. The zero-order chi connectivity index (χ0) is 23.4. The summed E-state index contributed by atoms with van der Waals surface area (Å²) in [5.74, 6) is 0.472. The summed E-state index contributed by atoms with van der Waals surface area (Å²) in [5.41, 5.74) is 3.43. The number of carbonyl (C=O) groups is 2. The van der Waals surface area contributed by atoms with Gasteiger partial charge in [-0.3, -0.25) is 9.59 Å². The Hall–Kier alpha value is -3.60. The van der Waals surface area contributed by atoms with Crippen molar-refractivity contribution in [3.05, 3.63) is 95.6 Å². The smallest absolute Gasteiger partial charge is 0.258 e. The van der Waals surface area contributed by atoms with E-state index in [2.05, 4.69) is 0 Å². The quantitative estimate of drug-likeness (QED) is 0.523. The van der Waals surface area contributed by atoms with Crippen LogP contribution in [0.5, 0.6) is 5.75 Å². The number of benzene rings is 3. The first kappa shape index (κ1) is 22.6. The molecule has 0 spiro atoms. The van der Waals surface area contributed by atoms with E-state index in [0.29, 0.717) is 30.8 Å². The lowest BCUT2D eigenvalue weighted by molar-refractivity contribution is -0.133. The average Bonchev–Trinajstić information content (AvgIpc) is 2.86. The van der Waals surface area contributed by atoms with Gasteiger partial charge in [0.15, 0.2) is 0 Å².